The van der Waals surface area contributed by atoms with E-state index in [9.17, 15) is 17.6 Å². The number of hydrogen-bond acceptors (Lipinski definition) is 2. The van der Waals surface area contributed by atoms with Crippen LogP contribution in [0.25, 0.3) is 0 Å². The molecular formula is C9H7F4N3S. The molecule has 1 aromatic carbocycles. The molecule has 1 aromatic rings. The summed E-state index contributed by atoms with van der Waals surface area (Å²) in [6.07, 6.45) is -3.80. The zero-order chi connectivity index (χ0) is 13.1. The van der Waals surface area contributed by atoms with Crippen molar-refractivity contribution in [3.8, 4) is 0 Å². The van der Waals surface area contributed by atoms with Crippen molar-refractivity contribution < 1.29 is 17.6 Å². The van der Waals surface area contributed by atoms with E-state index in [-0.39, 0.29) is 10.7 Å². The molecule has 0 saturated carbocycles. The molecule has 0 aliphatic rings. The number of rotatable bonds is 2. The summed E-state index contributed by atoms with van der Waals surface area (Å²) >= 11 is 4.41. The molecule has 3 N–H and O–H groups in total. The van der Waals surface area contributed by atoms with Gasteiger partial charge in [0.15, 0.2) is 5.11 Å². The first-order valence-corrected chi connectivity index (χ1v) is 4.67. The van der Waals surface area contributed by atoms with Crippen molar-refractivity contribution in [2.24, 2.45) is 10.8 Å². The molecule has 1 rings (SSSR count). The highest BCUT2D eigenvalue weighted by atomic mass is 32.1. The predicted octanol–water partition coefficient (Wildman–Crippen LogP) is 2.01. The Labute approximate surface area is 99.3 Å². The smallest absolute Gasteiger partial charge is 0.375 e. The van der Waals surface area contributed by atoms with E-state index in [2.05, 4.69) is 22.7 Å². The number of thiocarbonyl (C=S) groups is 1. The van der Waals surface area contributed by atoms with Gasteiger partial charge in [-0.2, -0.15) is 18.3 Å². The van der Waals surface area contributed by atoms with E-state index in [0.29, 0.717) is 6.07 Å². The Hall–Kier alpha value is -1.70. The van der Waals surface area contributed by atoms with Gasteiger partial charge in [0.1, 0.15) is 5.82 Å². The first-order valence-electron chi connectivity index (χ1n) is 4.26. The molecule has 0 unspecified atom stereocenters. The standard InChI is InChI=1S/C9H7F4N3S/c10-6-2-1-5(4-15-16-8(14)17)7(3-6)9(11,12)13/h1-4H,(H3,14,16,17). The van der Waals surface area contributed by atoms with Gasteiger partial charge in [-0.3, -0.25) is 5.43 Å². The van der Waals surface area contributed by atoms with Crippen molar-refractivity contribution in [3.63, 3.8) is 0 Å². The normalized spacial score (nSPS) is 11.8. The zero-order valence-electron chi connectivity index (χ0n) is 8.25. The molecule has 8 heteroatoms. The summed E-state index contributed by atoms with van der Waals surface area (Å²) in [4.78, 5) is 0. The van der Waals surface area contributed by atoms with Crippen LogP contribution in [0.2, 0.25) is 0 Å². The fourth-order valence-corrected chi connectivity index (χ4v) is 1.10. The second kappa shape index (κ2) is 5.09. The van der Waals surface area contributed by atoms with Gasteiger partial charge in [-0.25, -0.2) is 4.39 Å². The average Bonchev–Trinajstić information content (AvgIpc) is 2.18. The van der Waals surface area contributed by atoms with Gasteiger partial charge >= 0.3 is 6.18 Å². The summed E-state index contributed by atoms with van der Waals surface area (Å²) < 4.78 is 50.3. The van der Waals surface area contributed by atoms with E-state index < -0.39 is 17.6 Å². The average molecular weight is 265 g/mol. The highest BCUT2D eigenvalue weighted by Gasteiger charge is 2.33. The molecule has 0 atom stereocenters. The van der Waals surface area contributed by atoms with Gasteiger partial charge in [0, 0.05) is 5.56 Å². The second-order valence-electron chi connectivity index (χ2n) is 2.96. The maximum Gasteiger partial charge on any atom is 0.417 e. The summed E-state index contributed by atoms with van der Waals surface area (Å²) in [6.45, 7) is 0. The molecule has 0 aromatic heterocycles. The molecule has 0 heterocycles. The Morgan fingerprint density at radius 3 is 2.59 bits per heavy atom. The van der Waals surface area contributed by atoms with Crippen molar-refractivity contribution in [2.45, 2.75) is 6.18 Å². The third-order valence-electron chi connectivity index (χ3n) is 1.70. The largest absolute Gasteiger partial charge is 0.417 e. The number of alkyl halides is 3. The number of halogens is 4. The fraction of sp³-hybridized carbons (Fsp3) is 0.111. The molecule has 0 saturated heterocycles. The van der Waals surface area contributed by atoms with Crippen molar-refractivity contribution >= 4 is 23.5 Å². The first kappa shape index (κ1) is 13.4. The van der Waals surface area contributed by atoms with E-state index in [1.165, 1.54) is 0 Å². The van der Waals surface area contributed by atoms with Gasteiger partial charge in [-0.15, -0.1) is 0 Å². The van der Waals surface area contributed by atoms with E-state index >= 15 is 0 Å². The van der Waals surface area contributed by atoms with Gasteiger partial charge in [0.2, 0.25) is 0 Å². The van der Waals surface area contributed by atoms with E-state index in [4.69, 9.17) is 5.73 Å². The number of nitrogens with one attached hydrogen (secondary N) is 1. The molecule has 0 bridgehead atoms. The summed E-state index contributed by atoms with van der Waals surface area (Å²) in [5.74, 6) is -0.975. The first-order chi connectivity index (χ1) is 7.80. The summed E-state index contributed by atoms with van der Waals surface area (Å²) in [5.41, 5.74) is 5.73. The number of hydrazone groups is 1. The van der Waals surface area contributed by atoms with Crippen LogP contribution in [0.5, 0.6) is 0 Å². The SMILES string of the molecule is NC(=S)NN=Cc1ccc(F)cc1C(F)(F)F. The summed E-state index contributed by atoms with van der Waals surface area (Å²) in [6, 6.07) is 2.25. The Bertz CT molecular complexity index is 456. The minimum absolute atomic E-state index is 0.183. The lowest BCUT2D eigenvalue weighted by atomic mass is 10.1. The van der Waals surface area contributed by atoms with Crippen molar-refractivity contribution in [3.05, 3.63) is 35.1 Å². The predicted molar refractivity (Wildman–Crippen MR) is 58.9 cm³/mol. The van der Waals surface area contributed by atoms with E-state index in [1.54, 1.807) is 0 Å². The molecule has 0 spiro atoms. The molecule has 0 amide bonds. The summed E-state index contributed by atoms with van der Waals surface area (Å²) in [7, 11) is 0. The van der Waals surface area contributed by atoms with Crippen molar-refractivity contribution in [2.75, 3.05) is 0 Å². The molecular weight excluding hydrogens is 258 g/mol. The molecule has 0 fully saturated rings. The van der Waals surface area contributed by atoms with Crippen molar-refractivity contribution in [1.29, 1.82) is 0 Å². The van der Waals surface area contributed by atoms with Crippen LogP contribution in [0.4, 0.5) is 17.6 Å². The van der Waals surface area contributed by atoms with Crippen LogP contribution in [0.15, 0.2) is 23.3 Å². The molecule has 92 valence electrons. The molecule has 17 heavy (non-hydrogen) atoms. The van der Waals surface area contributed by atoms with Crippen LogP contribution in [0, 0.1) is 5.82 Å². The molecule has 0 aliphatic carbocycles. The fourth-order valence-electron chi connectivity index (χ4n) is 1.05. The van der Waals surface area contributed by atoms with Crippen LogP contribution in [-0.2, 0) is 6.18 Å². The lowest BCUT2D eigenvalue weighted by molar-refractivity contribution is -0.137. The minimum Gasteiger partial charge on any atom is -0.375 e. The molecule has 3 nitrogen and oxygen atoms in total. The maximum absolute atomic E-state index is 12.7. The monoisotopic (exact) mass is 265 g/mol. The van der Waals surface area contributed by atoms with Crippen LogP contribution in [-0.4, -0.2) is 11.3 Å². The van der Waals surface area contributed by atoms with Gasteiger partial charge in [0.25, 0.3) is 0 Å². The Kier molecular flexibility index (Phi) is 4.00. The Balaban J connectivity index is 3.07. The molecule has 0 radical (unpaired) electrons. The second-order valence-corrected chi connectivity index (χ2v) is 3.40. The summed E-state index contributed by atoms with van der Waals surface area (Å²) in [5, 5.41) is 3.20. The Morgan fingerprint density at radius 2 is 2.06 bits per heavy atom. The number of nitrogens with two attached hydrogens (primary N) is 1. The third-order valence-corrected chi connectivity index (χ3v) is 1.79. The van der Waals surface area contributed by atoms with Crippen LogP contribution in [0.1, 0.15) is 11.1 Å². The van der Waals surface area contributed by atoms with Gasteiger partial charge in [-0.1, -0.05) is 0 Å². The number of hydrogen-bond donors (Lipinski definition) is 2. The molecule has 0 aliphatic heterocycles. The topological polar surface area (TPSA) is 50.4 Å². The van der Waals surface area contributed by atoms with Crippen molar-refractivity contribution in [1.82, 2.24) is 5.43 Å². The highest BCUT2D eigenvalue weighted by Crippen LogP contribution is 2.31. The quantitative estimate of drug-likeness (QED) is 0.372. The van der Waals surface area contributed by atoms with Gasteiger partial charge < -0.3 is 5.73 Å². The van der Waals surface area contributed by atoms with Crippen LogP contribution >= 0.6 is 12.2 Å². The number of nitrogens with zero attached hydrogens (tertiary/aromatic N) is 1. The lowest BCUT2D eigenvalue weighted by Crippen LogP contribution is -2.24. The highest BCUT2D eigenvalue weighted by molar-refractivity contribution is 7.80. The van der Waals surface area contributed by atoms with Gasteiger partial charge in [0.05, 0.1) is 11.8 Å². The maximum atomic E-state index is 12.7. The number of benzene rings is 1. The third kappa shape index (κ3) is 3.99. The van der Waals surface area contributed by atoms with Crippen LogP contribution < -0.4 is 11.2 Å². The van der Waals surface area contributed by atoms with Crippen LogP contribution in [0.3, 0.4) is 0 Å². The Morgan fingerprint density at radius 1 is 1.41 bits per heavy atom. The minimum atomic E-state index is -4.66. The lowest BCUT2D eigenvalue weighted by Gasteiger charge is -2.09. The van der Waals surface area contributed by atoms with E-state index in [0.717, 1.165) is 18.3 Å². The zero-order valence-corrected chi connectivity index (χ0v) is 9.07. The van der Waals surface area contributed by atoms with E-state index in [1.807, 2.05) is 0 Å². The van der Waals surface area contributed by atoms with Gasteiger partial charge in [-0.05, 0) is 30.4 Å².